The number of hydrazone groups is 1. The molecule has 0 saturated carbocycles. The Bertz CT molecular complexity index is 900. The van der Waals surface area contributed by atoms with Gasteiger partial charge < -0.3 is 19.3 Å². The van der Waals surface area contributed by atoms with Crippen LogP contribution in [0.4, 0.5) is 11.5 Å². The molecule has 0 unspecified atom stereocenters. The lowest BCUT2D eigenvalue weighted by Gasteiger charge is -2.25. The summed E-state index contributed by atoms with van der Waals surface area (Å²) < 4.78 is 11.2. The fourth-order valence-electron chi connectivity index (χ4n) is 3.37. The molecule has 0 saturated heterocycles. The van der Waals surface area contributed by atoms with Gasteiger partial charge in [0.2, 0.25) is 5.88 Å². The zero-order chi connectivity index (χ0) is 22.6. The molecule has 0 spiro atoms. The summed E-state index contributed by atoms with van der Waals surface area (Å²) in [5, 5.41) is 5.01. The highest BCUT2D eigenvalue weighted by molar-refractivity contribution is 6.30. The second-order valence-electron chi connectivity index (χ2n) is 7.50. The summed E-state index contributed by atoms with van der Waals surface area (Å²) >= 11 is 6.05. The van der Waals surface area contributed by atoms with Crippen LogP contribution in [0.5, 0.6) is 5.88 Å². The fourth-order valence-corrected chi connectivity index (χ4v) is 3.57. The van der Waals surface area contributed by atoms with Gasteiger partial charge in [0.1, 0.15) is 13.2 Å². The van der Waals surface area contributed by atoms with E-state index in [-0.39, 0.29) is 0 Å². The number of aromatic nitrogens is 1. The number of nitrogens with zero attached hydrogens (tertiary/aromatic N) is 4. The van der Waals surface area contributed by atoms with Gasteiger partial charge in [0.15, 0.2) is 5.82 Å². The van der Waals surface area contributed by atoms with Crippen LogP contribution in [0.15, 0.2) is 54.0 Å². The van der Waals surface area contributed by atoms with E-state index in [1.165, 1.54) is 0 Å². The van der Waals surface area contributed by atoms with Crippen LogP contribution in [-0.4, -0.2) is 55.5 Å². The lowest BCUT2D eigenvalue weighted by molar-refractivity contribution is 0.157. The summed E-state index contributed by atoms with van der Waals surface area (Å²) in [6.07, 6.45) is 7.52. The summed E-state index contributed by atoms with van der Waals surface area (Å²) in [5.41, 5.74) is 5.03. The summed E-state index contributed by atoms with van der Waals surface area (Å²) in [6.45, 7) is 9.19. The average Bonchev–Trinajstić information content (AvgIpc) is 2.80. The van der Waals surface area contributed by atoms with E-state index in [2.05, 4.69) is 39.2 Å². The van der Waals surface area contributed by atoms with Crippen molar-refractivity contribution < 1.29 is 9.47 Å². The number of ether oxygens (including phenoxy) is 2. The maximum Gasteiger partial charge on any atom is 0.217 e. The Morgan fingerprint density at radius 2 is 2.09 bits per heavy atom. The Kier molecular flexibility index (Phi) is 9.50. The van der Waals surface area contributed by atoms with Gasteiger partial charge in [0.25, 0.3) is 0 Å². The largest absolute Gasteiger partial charge is 0.498 e. The Hall–Kier alpha value is -2.93. The smallest absolute Gasteiger partial charge is 0.217 e. The Labute approximate surface area is 195 Å². The number of nitrogens with one attached hydrogen (secondary N) is 1. The molecular weight excluding hydrogens is 426 g/mol. The fraction of sp³-hybridized carbons (Fsp3) is 0.417. The zero-order valence-corrected chi connectivity index (χ0v) is 19.6. The number of hydrogen-bond donors (Lipinski definition) is 1. The van der Waals surface area contributed by atoms with Crippen molar-refractivity contribution in [1.82, 2.24) is 9.88 Å². The highest BCUT2D eigenvalue weighted by Gasteiger charge is 2.11. The predicted octanol–water partition coefficient (Wildman–Crippen LogP) is 4.99. The minimum atomic E-state index is 0.535. The van der Waals surface area contributed by atoms with Crippen molar-refractivity contribution in [3.05, 3.63) is 59.4 Å². The second kappa shape index (κ2) is 12.8. The molecule has 1 aromatic carbocycles. The predicted molar refractivity (Wildman–Crippen MR) is 132 cm³/mol. The first-order valence-electron chi connectivity index (χ1n) is 11.1. The minimum absolute atomic E-state index is 0.535. The molecule has 1 aromatic heterocycles. The van der Waals surface area contributed by atoms with Gasteiger partial charge in [-0.15, -0.1) is 0 Å². The van der Waals surface area contributed by atoms with Crippen molar-refractivity contribution >= 4 is 29.3 Å². The van der Waals surface area contributed by atoms with Gasteiger partial charge in [-0.25, -0.2) is 0 Å². The number of anilines is 2. The van der Waals surface area contributed by atoms with Gasteiger partial charge in [-0.3, -0.25) is 5.43 Å². The molecule has 7 nitrogen and oxygen atoms in total. The van der Waals surface area contributed by atoms with Crippen LogP contribution in [0.1, 0.15) is 32.3 Å². The molecule has 3 rings (SSSR count). The summed E-state index contributed by atoms with van der Waals surface area (Å²) in [7, 11) is 0. The van der Waals surface area contributed by atoms with Crippen molar-refractivity contribution in [2.24, 2.45) is 5.10 Å². The van der Waals surface area contributed by atoms with Gasteiger partial charge in [0.05, 0.1) is 25.6 Å². The van der Waals surface area contributed by atoms with Crippen LogP contribution >= 0.6 is 11.6 Å². The van der Waals surface area contributed by atoms with Crippen LogP contribution in [0.25, 0.3) is 0 Å². The maximum absolute atomic E-state index is 6.05. The number of halogens is 1. The molecule has 8 heteroatoms. The van der Waals surface area contributed by atoms with E-state index in [1.807, 2.05) is 42.6 Å². The molecule has 0 fully saturated rings. The number of hydrogen-bond acceptors (Lipinski definition) is 7. The van der Waals surface area contributed by atoms with Crippen molar-refractivity contribution in [3.63, 3.8) is 0 Å². The Morgan fingerprint density at radius 1 is 1.25 bits per heavy atom. The first-order chi connectivity index (χ1) is 15.7. The molecule has 0 aliphatic carbocycles. The first-order valence-corrected chi connectivity index (χ1v) is 11.5. The number of benzene rings is 1. The van der Waals surface area contributed by atoms with Crippen LogP contribution in [0.3, 0.4) is 0 Å². The number of pyridine rings is 1. The van der Waals surface area contributed by atoms with E-state index in [1.54, 1.807) is 12.5 Å². The van der Waals surface area contributed by atoms with Gasteiger partial charge in [-0.1, -0.05) is 37.6 Å². The monoisotopic (exact) mass is 457 g/mol. The standard InChI is InChI=1S/C24H32ClN5O2/c1-3-8-30(9-4-2)22-17-23(28-26-19-20-6-5-7-21(25)16-20)27-24(18-22)32-15-12-29-10-13-31-14-11-29/h5-7,10,13,16-19H,3-4,8-9,11-12,14-15H2,1-2H3,(H,27,28)/b26-19+. The van der Waals surface area contributed by atoms with Gasteiger partial charge >= 0.3 is 0 Å². The highest BCUT2D eigenvalue weighted by atomic mass is 35.5. The molecule has 1 aliphatic rings. The Balaban J connectivity index is 1.72. The quantitative estimate of drug-likeness (QED) is 0.358. The third kappa shape index (κ3) is 7.64. The zero-order valence-electron chi connectivity index (χ0n) is 18.8. The summed E-state index contributed by atoms with van der Waals surface area (Å²) in [5.74, 6) is 1.22. The van der Waals surface area contributed by atoms with Crippen molar-refractivity contribution in [2.75, 3.05) is 49.7 Å². The van der Waals surface area contributed by atoms with Crippen LogP contribution in [0, 0.1) is 0 Å². The lowest BCUT2D eigenvalue weighted by atomic mass is 10.2. The van der Waals surface area contributed by atoms with Crippen LogP contribution in [0.2, 0.25) is 5.02 Å². The third-order valence-corrected chi connectivity index (χ3v) is 5.11. The SMILES string of the molecule is CCCN(CCC)c1cc(N/N=C/c2cccc(Cl)c2)nc(OCCN2C=COCC2)c1. The van der Waals surface area contributed by atoms with Crippen molar-refractivity contribution in [2.45, 2.75) is 26.7 Å². The molecule has 0 atom stereocenters. The lowest BCUT2D eigenvalue weighted by Crippen LogP contribution is -2.29. The second-order valence-corrected chi connectivity index (χ2v) is 7.94. The molecule has 2 aromatic rings. The highest BCUT2D eigenvalue weighted by Crippen LogP contribution is 2.25. The molecule has 1 aliphatic heterocycles. The average molecular weight is 458 g/mol. The molecule has 32 heavy (non-hydrogen) atoms. The van der Waals surface area contributed by atoms with E-state index in [9.17, 15) is 0 Å². The topological polar surface area (TPSA) is 62.2 Å². The number of rotatable bonds is 12. The molecule has 2 heterocycles. The molecule has 172 valence electrons. The van der Waals surface area contributed by atoms with Gasteiger partial charge in [-0.2, -0.15) is 10.1 Å². The minimum Gasteiger partial charge on any atom is -0.498 e. The summed E-state index contributed by atoms with van der Waals surface area (Å²) in [6, 6.07) is 11.6. The van der Waals surface area contributed by atoms with Crippen molar-refractivity contribution in [1.29, 1.82) is 0 Å². The first kappa shape index (κ1) is 23.7. The molecule has 0 radical (unpaired) electrons. The molecule has 0 amide bonds. The van der Waals surface area contributed by atoms with E-state index >= 15 is 0 Å². The van der Waals surface area contributed by atoms with E-state index < -0.39 is 0 Å². The van der Waals surface area contributed by atoms with Crippen LogP contribution in [-0.2, 0) is 4.74 Å². The normalized spacial score (nSPS) is 13.3. The van der Waals surface area contributed by atoms with E-state index in [0.29, 0.717) is 29.9 Å². The Morgan fingerprint density at radius 3 is 2.81 bits per heavy atom. The van der Waals surface area contributed by atoms with Crippen LogP contribution < -0.4 is 15.1 Å². The maximum atomic E-state index is 6.05. The molecule has 0 bridgehead atoms. The van der Waals surface area contributed by atoms with Gasteiger partial charge in [-0.05, 0) is 30.5 Å². The third-order valence-electron chi connectivity index (χ3n) is 4.87. The van der Waals surface area contributed by atoms with Gasteiger partial charge in [0, 0.05) is 42.1 Å². The van der Waals surface area contributed by atoms with Crippen molar-refractivity contribution in [3.8, 4) is 5.88 Å². The van der Waals surface area contributed by atoms with E-state index in [4.69, 9.17) is 21.1 Å². The summed E-state index contributed by atoms with van der Waals surface area (Å²) in [4.78, 5) is 9.13. The van der Waals surface area contributed by atoms with E-state index in [0.717, 1.165) is 50.3 Å². The molecular formula is C24H32ClN5O2. The molecule has 1 N–H and O–H groups in total.